The van der Waals surface area contributed by atoms with E-state index in [1.54, 1.807) is 0 Å². The second-order valence-corrected chi connectivity index (χ2v) is 4.82. The fourth-order valence-electron chi connectivity index (χ4n) is 1.73. The molecule has 17 heavy (non-hydrogen) atoms. The lowest BCUT2D eigenvalue weighted by atomic mass is 10.3. The van der Waals surface area contributed by atoms with Crippen LogP contribution in [0.25, 0.3) is 0 Å². The highest BCUT2D eigenvalue weighted by molar-refractivity contribution is 9.10. The van der Waals surface area contributed by atoms with Gasteiger partial charge >= 0.3 is 0 Å². The summed E-state index contributed by atoms with van der Waals surface area (Å²) in [6.45, 7) is 3.95. The molecule has 0 atom stereocenters. The average molecular weight is 294 g/mol. The van der Waals surface area contributed by atoms with Gasteiger partial charge in [-0.15, -0.1) is 0 Å². The maximum absolute atomic E-state index is 4.36. The number of hydrogen-bond acceptors (Lipinski definition) is 2. The molecule has 0 aliphatic carbocycles. The zero-order chi connectivity index (χ0) is 12.1. The van der Waals surface area contributed by atoms with Gasteiger partial charge < -0.3 is 9.88 Å². The van der Waals surface area contributed by atoms with Crippen molar-refractivity contribution < 1.29 is 0 Å². The normalized spacial score (nSPS) is 10.5. The zero-order valence-corrected chi connectivity index (χ0v) is 11.4. The second kappa shape index (κ2) is 5.87. The molecule has 0 fully saturated rings. The van der Waals surface area contributed by atoms with Crippen LogP contribution >= 0.6 is 15.9 Å². The molecule has 0 amide bonds. The zero-order valence-electron chi connectivity index (χ0n) is 9.86. The van der Waals surface area contributed by atoms with Gasteiger partial charge in [-0.2, -0.15) is 0 Å². The molecule has 2 rings (SSSR count). The van der Waals surface area contributed by atoms with Gasteiger partial charge in [0.25, 0.3) is 0 Å². The molecule has 0 aliphatic rings. The van der Waals surface area contributed by atoms with E-state index >= 15 is 0 Å². The molecule has 1 aromatic heterocycles. The average Bonchev–Trinajstić information content (AvgIpc) is 2.75. The summed E-state index contributed by atoms with van der Waals surface area (Å²) in [5.41, 5.74) is 1.10. The predicted molar refractivity (Wildman–Crippen MR) is 74.0 cm³/mol. The van der Waals surface area contributed by atoms with Gasteiger partial charge in [0.1, 0.15) is 5.82 Å². The van der Waals surface area contributed by atoms with E-state index in [1.165, 1.54) is 0 Å². The molecule has 2 aromatic rings. The number of imidazole rings is 1. The highest BCUT2D eigenvalue weighted by atomic mass is 79.9. The molecule has 0 unspecified atom stereocenters. The summed E-state index contributed by atoms with van der Waals surface area (Å²) in [7, 11) is 0. The fraction of sp³-hybridized carbons (Fsp3) is 0.308. The second-order valence-electron chi connectivity index (χ2n) is 3.90. The Bertz CT molecular complexity index is 479. The lowest BCUT2D eigenvalue weighted by Crippen LogP contribution is -2.08. The molecule has 1 N–H and O–H groups in total. The first-order chi connectivity index (χ1) is 8.29. The highest BCUT2D eigenvalue weighted by Gasteiger charge is 2.01. The minimum atomic E-state index is 0.753. The number of hydrogen-bond donors (Lipinski definition) is 1. The number of halogens is 1. The van der Waals surface area contributed by atoms with Crippen LogP contribution in [0.5, 0.6) is 0 Å². The van der Waals surface area contributed by atoms with Crippen molar-refractivity contribution in [2.45, 2.75) is 26.4 Å². The first-order valence-corrected chi connectivity index (χ1v) is 6.58. The van der Waals surface area contributed by atoms with E-state index in [-0.39, 0.29) is 0 Å². The van der Waals surface area contributed by atoms with Crippen LogP contribution in [-0.2, 0) is 13.1 Å². The maximum atomic E-state index is 4.36. The van der Waals surface area contributed by atoms with Crippen LogP contribution in [0.4, 0.5) is 5.69 Å². The molecule has 3 nitrogen and oxygen atoms in total. The minimum absolute atomic E-state index is 0.753. The Labute approximate surface area is 110 Å². The minimum Gasteiger partial charge on any atom is -0.378 e. The molecule has 0 radical (unpaired) electrons. The molecule has 4 heteroatoms. The number of aromatic nitrogens is 2. The molecule has 90 valence electrons. The smallest absolute Gasteiger partial charge is 0.128 e. The van der Waals surface area contributed by atoms with Gasteiger partial charge in [0.15, 0.2) is 0 Å². The largest absolute Gasteiger partial charge is 0.378 e. The summed E-state index contributed by atoms with van der Waals surface area (Å²) in [5, 5.41) is 3.37. The third-order valence-corrected chi connectivity index (χ3v) is 3.03. The molecule has 1 aromatic carbocycles. The van der Waals surface area contributed by atoms with E-state index in [2.05, 4.69) is 49.9 Å². The predicted octanol–water partition coefficient (Wildman–Crippen LogP) is 3.67. The molecular weight excluding hydrogens is 278 g/mol. The van der Waals surface area contributed by atoms with Crippen LogP contribution in [0.1, 0.15) is 19.2 Å². The van der Waals surface area contributed by atoms with Crippen molar-refractivity contribution in [3.05, 3.63) is 47.0 Å². The number of rotatable bonds is 5. The molecule has 0 saturated carbocycles. The topological polar surface area (TPSA) is 29.9 Å². The van der Waals surface area contributed by atoms with Gasteiger partial charge in [-0.3, -0.25) is 0 Å². The van der Waals surface area contributed by atoms with E-state index in [9.17, 15) is 0 Å². The third kappa shape index (κ3) is 3.33. The SMILES string of the molecule is CCCn1ccnc1CNc1cccc(Br)c1. The quantitative estimate of drug-likeness (QED) is 0.912. The van der Waals surface area contributed by atoms with E-state index < -0.39 is 0 Å². The van der Waals surface area contributed by atoms with Crippen LogP contribution in [-0.4, -0.2) is 9.55 Å². The monoisotopic (exact) mass is 293 g/mol. The van der Waals surface area contributed by atoms with Crippen molar-refractivity contribution in [1.29, 1.82) is 0 Å². The van der Waals surface area contributed by atoms with Crippen molar-refractivity contribution in [3.63, 3.8) is 0 Å². The van der Waals surface area contributed by atoms with Crippen molar-refractivity contribution in [3.8, 4) is 0 Å². The summed E-state index contributed by atoms with van der Waals surface area (Å²) in [5.74, 6) is 1.08. The van der Waals surface area contributed by atoms with Gasteiger partial charge in [0.05, 0.1) is 6.54 Å². The van der Waals surface area contributed by atoms with E-state index in [4.69, 9.17) is 0 Å². The molecule has 0 saturated heterocycles. The Morgan fingerprint density at radius 2 is 2.29 bits per heavy atom. The number of aryl methyl sites for hydroxylation is 1. The Morgan fingerprint density at radius 3 is 3.06 bits per heavy atom. The first-order valence-electron chi connectivity index (χ1n) is 5.79. The maximum Gasteiger partial charge on any atom is 0.128 e. The third-order valence-electron chi connectivity index (χ3n) is 2.54. The van der Waals surface area contributed by atoms with Crippen molar-refractivity contribution in [2.24, 2.45) is 0 Å². The van der Waals surface area contributed by atoms with E-state index in [0.29, 0.717) is 0 Å². The molecule has 0 spiro atoms. The summed E-state index contributed by atoms with van der Waals surface area (Å²) in [6.07, 6.45) is 5.01. The van der Waals surface area contributed by atoms with Gasteiger partial charge in [-0.25, -0.2) is 4.98 Å². The summed E-state index contributed by atoms with van der Waals surface area (Å²) in [4.78, 5) is 4.36. The molecule has 0 bridgehead atoms. The van der Waals surface area contributed by atoms with Gasteiger partial charge in [-0.1, -0.05) is 28.9 Å². The lowest BCUT2D eigenvalue weighted by Gasteiger charge is -2.09. The summed E-state index contributed by atoms with van der Waals surface area (Å²) < 4.78 is 3.27. The van der Waals surface area contributed by atoms with Crippen LogP contribution in [0.3, 0.4) is 0 Å². The van der Waals surface area contributed by atoms with Crippen LogP contribution in [0.2, 0.25) is 0 Å². The van der Waals surface area contributed by atoms with Gasteiger partial charge in [0, 0.05) is 29.1 Å². The highest BCUT2D eigenvalue weighted by Crippen LogP contribution is 2.16. The van der Waals surface area contributed by atoms with Crippen LogP contribution in [0, 0.1) is 0 Å². The van der Waals surface area contributed by atoms with Crippen molar-refractivity contribution >= 4 is 21.6 Å². The van der Waals surface area contributed by atoms with E-state index in [0.717, 1.165) is 35.5 Å². The van der Waals surface area contributed by atoms with Gasteiger partial charge in [-0.05, 0) is 24.6 Å². The Hall–Kier alpha value is -1.29. The Morgan fingerprint density at radius 1 is 1.41 bits per heavy atom. The fourth-order valence-corrected chi connectivity index (χ4v) is 2.13. The number of anilines is 1. The Kier molecular flexibility index (Phi) is 4.20. The number of benzene rings is 1. The number of nitrogens with one attached hydrogen (secondary N) is 1. The summed E-state index contributed by atoms with van der Waals surface area (Å²) in [6, 6.07) is 8.15. The van der Waals surface area contributed by atoms with E-state index in [1.807, 2.05) is 24.5 Å². The number of nitrogens with zero attached hydrogens (tertiary/aromatic N) is 2. The Balaban J connectivity index is 1.99. The molecule has 0 aliphatic heterocycles. The lowest BCUT2D eigenvalue weighted by molar-refractivity contribution is 0.644. The molecular formula is C13H16BrN3. The first kappa shape index (κ1) is 12.2. The molecule has 1 heterocycles. The van der Waals surface area contributed by atoms with Gasteiger partial charge in [0.2, 0.25) is 0 Å². The van der Waals surface area contributed by atoms with Crippen LogP contribution < -0.4 is 5.32 Å². The standard InChI is InChI=1S/C13H16BrN3/c1-2-7-17-8-6-15-13(17)10-16-12-5-3-4-11(14)9-12/h3-6,8-9,16H,2,7,10H2,1H3. The van der Waals surface area contributed by atoms with Crippen LogP contribution in [0.15, 0.2) is 41.1 Å². The van der Waals surface area contributed by atoms with Crippen molar-refractivity contribution in [1.82, 2.24) is 9.55 Å². The summed E-state index contributed by atoms with van der Waals surface area (Å²) >= 11 is 3.46. The van der Waals surface area contributed by atoms with Crippen molar-refractivity contribution in [2.75, 3.05) is 5.32 Å².